The highest BCUT2D eigenvalue weighted by Gasteiger charge is 2.34. The monoisotopic (exact) mass is 533 g/mol. The van der Waals surface area contributed by atoms with Gasteiger partial charge in [-0.1, -0.05) is 42.5 Å². The third-order valence-corrected chi connectivity index (χ3v) is 8.47. The van der Waals surface area contributed by atoms with Gasteiger partial charge in [-0.25, -0.2) is 0 Å². The van der Waals surface area contributed by atoms with Crippen LogP contribution in [0, 0.1) is 0 Å². The molecule has 38 heavy (non-hydrogen) atoms. The summed E-state index contributed by atoms with van der Waals surface area (Å²) in [5, 5.41) is 2.15. The van der Waals surface area contributed by atoms with Crippen molar-refractivity contribution in [3.05, 3.63) is 87.6 Å². The fourth-order valence-corrected chi connectivity index (χ4v) is 6.36. The van der Waals surface area contributed by atoms with Crippen molar-refractivity contribution in [2.24, 2.45) is 0 Å². The van der Waals surface area contributed by atoms with Crippen molar-refractivity contribution in [1.82, 2.24) is 14.7 Å². The maximum Gasteiger partial charge on any atom is 0.248 e. The molecule has 200 valence electrons. The lowest BCUT2D eigenvalue weighted by Crippen LogP contribution is -2.57. The van der Waals surface area contributed by atoms with Gasteiger partial charge in [0, 0.05) is 37.1 Å². The number of piperazine rings is 1. The molecule has 0 aliphatic carbocycles. The summed E-state index contributed by atoms with van der Waals surface area (Å²) in [4.78, 5) is 33.7. The minimum Gasteiger partial charge on any atom is -0.497 e. The molecule has 2 amide bonds. The van der Waals surface area contributed by atoms with E-state index in [1.54, 1.807) is 18.4 Å². The SMILES string of the molecule is COc1ccc([C@H]2c3ccsc3CCN2CC(=O)N2CCN(C(=O)COCc3ccccc3)[C@@H](C)C2)cc1. The Balaban J connectivity index is 1.18. The van der Waals surface area contributed by atoms with Crippen molar-refractivity contribution in [2.75, 3.05) is 46.4 Å². The van der Waals surface area contributed by atoms with E-state index in [-0.39, 0.29) is 30.5 Å². The second-order valence-corrected chi connectivity index (χ2v) is 11.0. The van der Waals surface area contributed by atoms with Crippen LogP contribution in [0.3, 0.4) is 0 Å². The highest BCUT2D eigenvalue weighted by Crippen LogP contribution is 2.38. The number of rotatable bonds is 8. The van der Waals surface area contributed by atoms with Crippen LogP contribution in [-0.4, -0.2) is 79.0 Å². The number of fused-ring (bicyclic) bond motifs is 1. The van der Waals surface area contributed by atoms with E-state index in [1.165, 1.54) is 10.4 Å². The third-order valence-electron chi connectivity index (χ3n) is 7.47. The van der Waals surface area contributed by atoms with E-state index in [9.17, 15) is 9.59 Å². The van der Waals surface area contributed by atoms with Gasteiger partial charge in [-0.05, 0) is 53.6 Å². The number of benzene rings is 2. The van der Waals surface area contributed by atoms with Gasteiger partial charge in [0.25, 0.3) is 0 Å². The molecule has 7 nitrogen and oxygen atoms in total. The maximum absolute atomic E-state index is 13.5. The molecule has 1 aromatic heterocycles. The first kappa shape index (κ1) is 26.4. The average molecular weight is 534 g/mol. The second kappa shape index (κ2) is 12.1. The smallest absolute Gasteiger partial charge is 0.248 e. The van der Waals surface area contributed by atoms with Gasteiger partial charge >= 0.3 is 0 Å². The van der Waals surface area contributed by atoms with Crippen LogP contribution in [0.2, 0.25) is 0 Å². The van der Waals surface area contributed by atoms with Crippen LogP contribution in [0.15, 0.2) is 66.0 Å². The first-order valence-electron chi connectivity index (χ1n) is 13.2. The van der Waals surface area contributed by atoms with Gasteiger partial charge in [0.2, 0.25) is 11.8 Å². The summed E-state index contributed by atoms with van der Waals surface area (Å²) in [6.45, 7) is 5.26. The van der Waals surface area contributed by atoms with Crippen molar-refractivity contribution in [1.29, 1.82) is 0 Å². The lowest BCUT2D eigenvalue weighted by atomic mass is 9.93. The van der Waals surface area contributed by atoms with Gasteiger partial charge in [0.05, 0.1) is 26.3 Å². The fourth-order valence-electron chi connectivity index (χ4n) is 5.46. The third kappa shape index (κ3) is 5.93. The van der Waals surface area contributed by atoms with E-state index in [4.69, 9.17) is 9.47 Å². The lowest BCUT2D eigenvalue weighted by molar-refractivity contribution is -0.146. The van der Waals surface area contributed by atoms with Gasteiger partial charge in [-0.15, -0.1) is 11.3 Å². The van der Waals surface area contributed by atoms with E-state index in [1.807, 2.05) is 59.2 Å². The molecule has 2 aliphatic heterocycles. The largest absolute Gasteiger partial charge is 0.497 e. The van der Waals surface area contributed by atoms with Crippen molar-refractivity contribution in [3.8, 4) is 5.75 Å². The van der Waals surface area contributed by atoms with Gasteiger partial charge < -0.3 is 19.3 Å². The van der Waals surface area contributed by atoms with Crippen LogP contribution >= 0.6 is 11.3 Å². The number of nitrogens with zero attached hydrogens (tertiary/aromatic N) is 3. The predicted molar refractivity (Wildman–Crippen MR) is 148 cm³/mol. The number of methoxy groups -OCH3 is 1. The first-order valence-corrected chi connectivity index (χ1v) is 14.0. The zero-order chi connectivity index (χ0) is 26.5. The summed E-state index contributed by atoms with van der Waals surface area (Å²) < 4.78 is 11.0. The predicted octanol–water partition coefficient (Wildman–Crippen LogP) is 3.98. The van der Waals surface area contributed by atoms with Crippen LogP contribution in [0.25, 0.3) is 0 Å². The molecular formula is C30H35N3O4S. The number of ether oxygens (including phenoxy) is 2. The Morgan fingerprint density at radius 3 is 2.50 bits per heavy atom. The molecule has 0 bridgehead atoms. The summed E-state index contributed by atoms with van der Waals surface area (Å²) in [7, 11) is 1.67. The Labute approximate surface area is 228 Å². The van der Waals surface area contributed by atoms with Crippen molar-refractivity contribution < 1.29 is 19.1 Å². The van der Waals surface area contributed by atoms with Gasteiger partial charge in [-0.2, -0.15) is 0 Å². The number of hydrogen-bond donors (Lipinski definition) is 0. The molecule has 0 radical (unpaired) electrons. The number of carbonyl (C=O) groups is 2. The Morgan fingerprint density at radius 1 is 0.974 bits per heavy atom. The molecule has 2 aromatic carbocycles. The first-order chi connectivity index (χ1) is 18.5. The van der Waals surface area contributed by atoms with Crippen molar-refractivity contribution in [2.45, 2.75) is 32.0 Å². The van der Waals surface area contributed by atoms with Crippen molar-refractivity contribution in [3.63, 3.8) is 0 Å². The van der Waals surface area contributed by atoms with E-state index in [0.717, 1.165) is 29.8 Å². The Bertz CT molecular complexity index is 1230. The molecular weight excluding hydrogens is 498 g/mol. The van der Waals surface area contributed by atoms with Crippen LogP contribution in [0.4, 0.5) is 0 Å². The topological polar surface area (TPSA) is 62.3 Å². The molecule has 0 unspecified atom stereocenters. The normalized spacial score (nSPS) is 19.7. The maximum atomic E-state index is 13.5. The quantitative estimate of drug-likeness (QED) is 0.438. The molecule has 8 heteroatoms. The van der Waals surface area contributed by atoms with E-state index in [2.05, 4.69) is 28.5 Å². The zero-order valence-electron chi connectivity index (χ0n) is 22.0. The molecule has 0 spiro atoms. The van der Waals surface area contributed by atoms with Crippen LogP contribution < -0.4 is 4.74 Å². The number of thiophene rings is 1. The van der Waals surface area contributed by atoms with Gasteiger partial charge in [0.15, 0.2) is 0 Å². The van der Waals surface area contributed by atoms with E-state index >= 15 is 0 Å². The second-order valence-electron chi connectivity index (χ2n) is 9.95. The highest BCUT2D eigenvalue weighted by molar-refractivity contribution is 7.10. The number of hydrogen-bond acceptors (Lipinski definition) is 6. The molecule has 0 saturated carbocycles. The Kier molecular flexibility index (Phi) is 8.42. The van der Waals surface area contributed by atoms with Crippen LogP contribution in [0.5, 0.6) is 5.75 Å². The molecule has 3 heterocycles. The molecule has 2 aliphatic rings. The van der Waals surface area contributed by atoms with Crippen LogP contribution in [0.1, 0.15) is 34.5 Å². The van der Waals surface area contributed by atoms with E-state index in [0.29, 0.717) is 32.8 Å². The lowest BCUT2D eigenvalue weighted by Gasteiger charge is -2.42. The zero-order valence-corrected chi connectivity index (χ0v) is 22.9. The minimum absolute atomic E-state index is 0.0267. The average Bonchev–Trinajstić information content (AvgIpc) is 3.42. The van der Waals surface area contributed by atoms with Gasteiger partial charge in [-0.3, -0.25) is 14.5 Å². The molecule has 2 atom stereocenters. The van der Waals surface area contributed by atoms with Crippen molar-refractivity contribution >= 4 is 23.2 Å². The van der Waals surface area contributed by atoms with Crippen LogP contribution in [-0.2, 0) is 27.4 Å². The number of carbonyl (C=O) groups excluding carboxylic acids is 2. The summed E-state index contributed by atoms with van der Waals surface area (Å²) in [6, 6.07) is 20.2. The molecule has 0 N–H and O–H groups in total. The Hall–Kier alpha value is -3.20. The van der Waals surface area contributed by atoms with Gasteiger partial charge in [0.1, 0.15) is 12.4 Å². The summed E-state index contributed by atoms with van der Waals surface area (Å²) in [5.41, 5.74) is 3.50. The summed E-state index contributed by atoms with van der Waals surface area (Å²) in [5.74, 6) is 0.909. The fraction of sp³-hybridized carbons (Fsp3) is 0.400. The number of amides is 2. The Morgan fingerprint density at radius 2 is 1.76 bits per heavy atom. The molecule has 3 aromatic rings. The summed E-state index contributed by atoms with van der Waals surface area (Å²) >= 11 is 1.79. The standard InChI is InChI=1S/C30H35N3O4S/c1-22-18-31(15-16-33(22)29(35)21-37-20-23-6-4-3-5-7-23)28(34)19-32-14-12-27-26(13-17-38-27)30(32)24-8-10-25(36-2)11-9-24/h3-11,13,17,22,30H,12,14-16,18-21H2,1-2H3/t22-,30-/m0/s1. The molecule has 1 fully saturated rings. The van der Waals surface area contributed by atoms with E-state index < -0.39 is 0 Å². The summed E-state index contributed by atoms with van der Waals surface area (Å²) in [6.07, 6.45) is 0.953. The molecule has 1 saturated heterocycles. The molecule has 5 rings (SSSR count). The minimum atomic E-state index is -0.0530. The highest BCUT2D eigenvalue weighted by atomic mass is 32.1.